The molecule has 0 aliphatic carbocycles. The molecule has 0 aromatic rings. The first-order valence-corrected chi connectivity index (χ1v) is 7.48. The monoisotopic (exact) mass is 253 g/mol. The van der Waals surface area contributed by atoms with Gasteiger partial charge in [0.1, 0.15) is 0 Å². The minimum absolute atomic E-state index is 0.252. The molecule has 2 rings (SSSR count). The van der Waals surface area contributed by atoms with Crippen LogP contribution in [0.15, 0.2) is 0 Å². The fourth-order valence-corrected chi connectivity index (χ4v) is 3.08. The Morgan fingerprint density at radius 1 is 1.17 bits per heavy atom. The Labute approximate surface area is 110 Å². The van der Waals surface area contributed by atoms with Crippen molar-refractivity contribution >= 4 is 6.03 Å². The van der Waals surface area contributed by atoms with Crippen LogP contribution >= 0.6 is 0 Å². The number of rotatable bonds is 1. The van der Waals surface area contributed by atoms with E-state index in [0.29, 0.717) is 18.5 Å². The van der Waals surface area contributed by atoms with Crippen molar-refractivity contribution in [3.8, 4) is 0 Å². The molecular formula is C14H27N3O. The van der Waals surface area contributed by atoms with Gasteiger partial charge in [-0.25, -0.2) is 4.79 Å². The van der Waals surface area contributed by atoms with E-state index in [1.165, 1.54) is 19.3 Å². The van der Waals surface area contributed by atoms with Crippen LogP contribution in [0.1, 0.15) is 45.4 Å². The third-order valence-electron chi connectivity index (χ3n) is 4.44. The summed E-state index contributed by atoms with van der Waals surface area (Å²) in [5.41, 5.74) is 5.76. The van der Waals surface area contributed by atoms with Crippen LogP contribution in [0.4, 0.5) is 4.79 Å². The zero-order valence-electron chi connectivity index (χ0n) is 11.6. The lowest BCUT2D eigenvalue weighted by Gasteiger charge is -2.40. The molecule has 2 heterocycles. The van der Waals surface area contributed by atoms with E-state index in [9.17, 15) is 4.79 Å². The largest absolute Gasteiger partial charge is 0.330 e. The highest BCUT2D eigenvalue weighted by molar-refractivity contribution is 5.75. The molecule has 0 radical (unpaired) electrons. The smallest absolute Gasteiger partial charge is 0.320 e. The average Bonchev–Trinajstić information content (AvgIpc) is 2.67. The van der Waals surface area contributed by atoms with Crippen LogP contribution in [-0.4, -0.2) is 48.1 Å². The lowest BCUT2D eigenvalue weighted by Crippen LogP contribution is -2.52. The second-order valence-corrected chi connectivity index (χ2v) is 5.86. The quantitative estimate of drug-likeness (QED) is 0.777. The van der Waals surface area contributed by atoms with E-state index in [1.54, 1.807) is 0 Å². The number of nitrogens with zero attached hydrogens (tertiary/aromatic N) is 2. The van der Waals surface area contributed by atoms with Gasteiger partial charge >= 0.3 is 6.03 Å². The van der Waals surface area contributed by atoms with Crippen molar-refractivity contribution in [2.75, 3.05) is 26.2 Å². The number of likely N-dealkylation sites (tertiary alicyclic amines) is 2. The van der Waals surface area contributed by atoms with Crippen LogP contribution in [0, 0.1) is 5.92 Å². The minimum atomic E-state index is 0.252. The summed E-state index contributed by atoms with van der Waals surface area (Å²) in [5.74, 6) is 0.497. The molecule has 2 aliphatic heterocycles. The lowest BCUT2D eigenvalue weighted by molar-refractivity contribution is 0.103. The number of piperidine rings is 1. The third-order valence-corrected chi connectivity index (χ3v) is 4.44. The zero-order valence-corrected chi connectivity index (χ0v) is 11.6. The second-order valence-electron chi connectivity index (χ2n) is 5.86. The zero-order chi connectivity index (χ0) is 13.0. The van der Waals surface area contributed by atoms with Crippen molar-refractivity contribution < 1.29 is 4.79 Å². The number of amides is 2. The molecule has 104 valence electrons. The molecule has 0 bridgehead atoms. The van der Waals surface area contributed by atoms with Crippen LogP contribution in [-0.2, 0) is 0 Å². The van der Waals surface area contributed by atoms with Gasteiger partial charge in [-0.1, -0.05) is 12.8 Å². The molecule has 2 amide bonds. The maximum Gasteiger partial charge on any atom is 0.320 e. The molecule has 4 heteroatoms. The number of carbonyl (C=O) groups is 1. The maximum absolute atomic E-state index is 12.6. The average molecular weight is 253 g/mol. The topological polar surface area (TPSA) is 49.6 Å². The Hall–Kier alpha value is -0.770. The summed E-state index contributed by atoms with van der Waals surface area (Å²) in [7, 11) is 0. The Morgan fingerprint density at radius 3 is 2.44 bits per heavy atom. The number of nitrogens with two attached hydrogens (primary N) is 1. The summed E-state index contributed by atoms with van der Waals surface area (Å²) in [4.78, 5) is 16.7. The van der Waals surface area contributed by atoms with Gasteiger partial charge in [-0.2, -0.15) is 0 Å². The van der Waals surface area contributed by atoms with Crippen molar-refractivity contribution in [1.29, 1.82) is 0 Å². The molecular weight excluding hydrogens is 226 g/mol. The summed E-state index contributed by atoms with van der Waals surface area (Å²) >= 11 is 0. The van der Waals surface area contributed by atoms with Crippen molar-refractivity contribution in [3.05, 3.63) is 0 Å². The van der Waals surface area contributed by atoms with Crippen molar-refractivity contribution in [1.82, 2.24) is 9.80 Å². The summed E-state index contributed by atoms with van der Waals surface area (Å²) in [5, 5.41) is 0. The van der Waals surface area contributed by atoms with E-state index in [-0.39, 0.29) is 6.03 Å². The molecule has 2 atom stereocenters. The predicted molar refractivity (Wildman–Crippen MR) is 73.4 cm³/mol. The molecule has 0 aromatic carbocycles. The second kappa shape index (κ2) is 6.41. The van der Waals surface area contributed by atoms with E-state index in [0.717, 1.165) is 38.9 Å². The molecule has 0 aromatic heterocycles. The van der Waals surface area contributed by atoms with E-state index >= 15 is 0 Å². The molecule has 2 aliphatic rings. The number of carbonyl (C=O) groups excluding carboxylic acids is 1. The minimum Gasteiger partial charge on any atom is -0.330 e. The van der Waals surface area contributed by atoms with Gasteiger partial charge in [0.25, 0.3) is 0 Å². The van der Waals surface area contributed by atoms with Gasteiger partial charge in [-0.05, 0) is 45.1 Å². The molecule has 4 nitrogen and oxygen atoms in total. The van der Waals surface area contributed by atoms with Crippen molar-refractivity contribution in [2.45, 2.75) is 51.5 Å². The fraction of sp³-hybridized carbons (Fsp3) is 0.929. The van der Waals surface area contributed by atoms with Gasteiger partial charge in [-0.3, -0.25) is 0 Å². The standard InChI is InChI=1S/C14H27N3O/c1-12-6-7-13(10-15)11-17(12)14(18)16-8-4-2-3-5-9-16/h12-13H,2-11,15H2,1H3. The third kappa shape index (κ3) is 3.16. The van der Waals surface area contributed by atoms with Gasteiger partial charge in [-0.15, -0.1) is 0 Å². The highest BCUT2D eigenvalue weighted by atomic mass is 16.2. The van der Waals surface area contributed by atoms with Gasteiger partial charge in [0.2, 0.25) is 0 Å². The molecule has 18 heavy (non-hydrogen) atoms. The summed E-state index contributed by atoms with van der Waals surface area (Å²) < 4.78 is 0. The highest BCUT2D eigenvalue weighted by Crippen LogP contribution is 2.23. The van der Waals surface area contributed by atoms with Crippen molar-refractivity contribution in [2.24, 2.45) is 11.7 Å². The van der Waals surface area contributed by atoms with E-state index in [1.807, 2.05) is 0 Å². The van der Waals surface area contributed by atoms with Crippen LogP contribution in [0.2, 0.25) is 0 Å². The number of urea groups is 1. The molecule has 2 fully saturated rings. The lowest BCUT2D eigenvalue weighted by atomic mass is 9.94. The summed E-state index contributed by atoms with van der Waals surface area (Å²) in [6.07, 6.45) is 7.13. The van der Waals surface area contributed by atoms with Crippen LogP contribution in [0.25, 0.3) is 0 Å². The van der Waals surface area contributed by atoms with Crippen molar-refractivity contribution in [3.63, 3.8) is 0 Å². The Bertz CT molecular complexity index is 274. The first-order valence-electron chi connectivity index (χ1n) is 7.48. The molecule has 0 saturated carbocycles. The predicted octanol–water partition coefficient (Wildman–Crippen LogP) is 2.04. The highest BCUT2D eigenvalue weighted by Gasteiger charge is 2.31. The van der Waals surface area contributed by atoms with Gasteiger partial charge in [0, 0.05) is 25.7 Å². The van der Waals surface area contributed by atoms with Crippen LogP contribution in [0.5, 0.6) is 0 Å². The molecule has 0 spiro atoms. The van der Waals surface area contributed by atoms with Gasteiger partial charge in [0.05, 0.1) is 0 Å². The summed E-state index contributed by atoms with van der Waals surface area (Å²) in [6.45, 7) is 5.61. The Kier molecular flexibility index (Phi) is 4.87. The molecule has 2 unspecified atom stereocenters. The first-order chi connectivity index (χ1) is 8.72. The fourth-order valence-electron chi connectivity index (χ4n) is 3.08. The molecule has 2 saturated heterocycles. The van der Waals surface area contributed by atoms with Crippen LogP contribution < -0.4 is 5.73 Å². The number of hydrogen-bond donors (Lipinski definition) is 1. The van der Waals surface area contributed by atoms with Crippen LogP contribution in [0.3, 0.4) is 0 Å². The molecule has 2 N–H and O–H groups in total. The number of hydrogen-bond acceptors (Lipinski definition) is 2. The summed E-state index contributed by atoms with van der Waals surface area (Å²) in [6, 6.07) is 0.631. The normalized spacial score (nSPS) is 30.1. The van der Waals surface area contributed by atoms with E-state index in [4.69, 9.17) is 5.73 Å². The van der Waals surface area contributed by atoms with E-state index in [2.05, 4.69) is 16.7 Å². The SMILES string of the molecule is CC1CCC(CN)CN1C(=O)N1CCCCCC1. The van der Waals surface area contributed by atoms with E-state index < -0.39 is 0 Å². The Morgan fingerprint density at radius 2 is 1.83 bits per heavy atom. The van der Waals surface area contributed by atoms with Gasteiger partial charge < -0.3 is 15.5 Å². The Balaban J connectivity index is 1.96. The first kappa shape index (κ1) is 13.7. The maximum atomic E-state index is 12.6. The van der Waals surface area contributed by atoms with Gasteiger partial charge in [0.15, 0.2) is 0 Å².